The van der Waals surface area contributed by atoms with Gasteiger partial charge in [0.25, 0.3) is 11.5 Å². The zero-order chi connectivity index (χ0) is 20.4. The van der Waals surface area contributed by atoms with Crippen molar-refractivity contribution in [2.45, 2.75) is 6.54 Å². The first-order valence-electron chi connectivity index (χ1n) is 9.21. The van der Waals surface area contributed by atoms with Gasteiger partial charge in [-0.25, -0.2) is 4.79 Å². The normalized spacial score (nSPS) is 14.2. The smallest absolute Gasteiger partial charge is 0.328 e. The lowest BCUT2D eigenvalue weighted by Gasteiger charge is -2.36. The number of thiophene rings is 1. The fourth-order valence-corrected chi connectivity index (χ4v) is 4.06. The quantitative estimate of drug-likeness (QED) is 0.673. The standard InChI is InChI=1S/C20H20N4O4S/c25-15-5-3-14(4-6-15)22-7-9-23(10-8-22)18(26)17-12-21-20(28)24(19(17)27)13-16-2-1-11-29-16/h1-6,11-12,25H,7-10,13H2,(H,21,28). The Labute approximate surface area is 170 Å². The van der Waals surface area contributed by atoms with Gasteiger partial charge in [-0.2, -0.15) is 0 Å². The van der Waals surface area contributed by atoms with E-state index in [9.17, 15) is 19.5 Å². The molecule has 1 aliphatic rings. The van der Waals surface area contributed by atoms with E-state index < -0.39 is 11.2 Å². The van der Waals surface area contributed by atoms with Gasteiger partial charge < -0.3 is 19.9 Å². The van der Waals surface area contributed by atoms with Crippen molar-refractivity contribution in [3.8, 4) is 5.75 Å². The molecule has 1 aromatic carbocycles. The van der Waals surface area contributed by atoms with Crippen molar-refractivity contribution >= 4 is 22.9 Å². The highest BCUT2D eigenvalue weighted by Gasteiger charge is 2.25. The van der Waals surface area contributed by atoms with Crippen molar-refractivity contribution in [2.75, 3.05) is 31.1 Å². The van der Waals surface area contributed by atoms with Crippen molar-refractivity contribution in [2.24, 2.45) is 0 Å². The number of carbonyl (C=O) groups excluding carboxylic acids is 1. The number of nitrogens with one attached hydrogen (secondary N) is 1. The molecule has 1 saturated heterocycles. The number of anilines is 1. The van der Waals surface area contributed by atoms with Crippen LogP contribution in [0.5, 0.6) is 5.75 Å². The van der Waals surface area contributed by atoms with Crippen molar-refractivity contribution in [1.29, 1.82) is 0 Å². The molecule has 1 fully saturated rings. The van der Waals surface area contributed by atoms with Crippen LogP contribution in [-0.2, 0) is 6.54 Å². The molecule has 0 aliphatic carbocycles. The molecule has 29 heavy (non-hydrogen) atoms. The monoisotopic (exact) mass is 412 g/mol. The van der Waals surface area contributed by atoms with E-state index >= 15 is 0 Å². The van der Waals surface area contributed by atoms with E-state index in [2.05, 4.69) is 9.88 Å². The molecule has 0 bridgehead atoms. The second kappa shape index (κ2) is 7.96. The van der Waals surface area contributed by atoms with Crippen LogP contribution in [0, 0.1) is 0 Å². The van der Waals surface area contributed by atoms with E-state index in [1.165, 1.54) is 17.5 Å². The first kappa shape index (κ1) is 19.0. The van der Waals surface area contributed by atoms with Gasteiger partial charge >= 0.3 is 5.69 Å². The van der Waals surface area contributed by atoms with Gasteiger partial charge in [-0.05, 0) is 35.7 Å². The number of aromatic hydroxyl groups is 1. The summed E-state index contributed by atoms with van der Waals surface area (Å²) in [6.07, 6.45) is 1.21. The minimum absolute atomic E-state index is 0.0285. The van der Waals surface area contributed by atoms with Crippen LogP contribution in [0.1, 0.15) is 15.2 Å². The highest BCUT2D eigenvalue weighted by atomic mass is 32.1. The lowest BCUT2D eigenvalue weighted by Crippen LogP contribution is -2.50. The number of benzene rings is 1. The van der Waals surface area contributed by atoms with Gasteiger partial charge in [0.1, 0.15) is 11.3 Å². The number of H-pyrrole nitrogens is 1. The highest BCUT2D eigenvalue weighted by Crippen LogP contribution is 2.20. The summed E-state index contributed by atoms with van der Waals surface area (Å²) in [7, 11) is 0. The fourth-order valence-electron chi connectivity index (χ4n) is 3.37. The molecule has 0 atom stereocenters. The van der Waals surface area contributed by atoms with Gasteiger partial charge in [-0.15, -0.1) is 11.3 Å². The molecule has 1 aliphatic heterocycles. The van der Waals surface area contributed by atoms with Gasteiger partial charge in [-0.3, -0.25) is 14.2 Å². The van der Waals surface area contributed by atoms with Gasteiger partial charge in [-0.1, -0.05) is 6.07 Å². The molecule has 150 valence electrons. The Hall–Kier alpha value is -3.33. The maximum Gasteiger partial charge on any atom is 0.328 e. The van der Waals surface area contributed by atoms with Crippen LogP contribution in [0.3, 0.4) is 0 Å². The number of hydrogen-bond donors (Lipinski definition) is 2. The second-order valence-electron chi connectivity index (χ2n) is 6.77. The molecule has 4 rings (SSSR count). The fraction of sp³-hybridized carbons (Fsp3) is 0.250. The average molecular weight is 412 g/mol. The Morgan fingerprint density at radius 2 is 1.79 bits per heavy atom. The van der Waals surface area contributed by atoms with Crippen molar-refractivity contribution in [3.05, 3.63) is 79.3 Å². The minimum atomic E-state index is -0.576. The molecule has 0 radical (unpaired) electrons. The number of amides is 1. The van der Waals surface area contributed by atoms with E-state index in [0.717, 1.165) is 15.1 Å². The van der Waals surface area contributed by atoms with Gasteiger partial charge in [0.15, 0.2) is 0 Å². The van der Waals surface area contributed by atoms with Gasteiger partial charge in [0, 0.05) is 42.9 Å². The summed E-state index contributed by atoms with van der Waals surface area (Å²) in [6, 6.07) is 10.6. The molecular weight excluding hydrogens is 392 g/mol. The molecule has 9 heteroatoms. The van der Waals surface area contributed by atoms with E-state index in [0.29, 0.717) is 26.2 Å². The van der Waals surface area contributed by atoms with E-state index in [4.69, 9.17) is 0 Å². The van der Waals surface area contributed by atoms with Crippen molar-refractivity contribution in [1.82, 2.24) is 14.5 Å². The summed E-state index contributed by atoms with van der Waals surface area (Å²) < 4.78 is 1.06. The number of aromatic nitrogens is 2. The van der Waals surface area contributed by atoms with Gasteiger partial charge in [0.2, 0.25) is 0 Å². The number of phenolic OH excluding ortho intramolecular Hbond substituents is 1. The zero-order valence-electron chi connectivity index (χ0n) is 15.6. The van der Waals surface area contributed by atoms with Crippen LogP contribution in [0.15, 0.2) is 57.6 Å². The van der Waals surface area contributed by atoms with Crippen molar-refractivity contribution < 1.29 is 9.90 Å². The second-order valence-corrected chi connectivity index (χ2v) is 7.81. The number of phenols is 1. The molecule has 0 unspecified atom stereocenters. The van der Waals surface area contributed by atoms with Crippen LogP contribution < -0.4 is 16.1 Å². The Morgan fingerprint density at radius 3 is 2.45 bits per heavy atom. The van der Waals surface area contributed by atoms with Crippen LogP contribution in [0.2, 0.25) is 0 Å². The third-order valence-corrected chi connectivity index (χ3v) is 5.83. The summed E-state index contributed by atoms with van der Waals surface area (Å²) in [6.45, 7) is 2.29. The number of nitrogens with zero attached hydrogens (tertiary/aromatic N) is 3. The topological polar surface area (TPSA) is 98.6 Å². The Bertz CT molecular complexity index is 1110. The van der Waals surface area contributed by atoms with Crippen LogP contribution in [0.25, 0.3) is 0 Å². The molecule has 0 spiro atoms. The minimum Gasteiger partial charge on any atom is -0.508 e. The van der Waals surface area contributed by atoms with E-state index in [1.54, 1.807) is 17.0 Å². The largest absolute Gasteiger partial charge is 0.508 e. The first-order chi connectivity index (χ1) is 14.0. The Kier molecular flexibility index (Phi) is 5.22. The maximum atomic E-state index is 12.9. The lowest BCUT2D eigenvalue weighted by molar-refractivity contribution is 0.0743. The van der Waals surface area contributed by atoms with Gasteiger partial charge in [0.05, 0.1) is 6.54 Å². The third kappa shape index (κ3) is 3.95. The molecule has 2 aromatic heterocycles. The summed E-state index contributed by atoms with van der Waals surface area (Å²) in [5.41, 5.74) is -0.165. The number of aromatic amines is 1. The summed E-state index contributed by atoms with van der Waals surface area (Å²) >= 11 is 1.45. The average Bonchev–Trinajstić information content (AvgIpc) is 3.25. The third-order valence-electron chi connectivity index (χ3n) is 4.97. The lowest BCUT2D eigenvalue weighted by atomic mass is 10.2. The molecule has 2 N–H and O–H groups in total. The molecule has 0 saturated carbocycles. The molecule has 3 aromatic rings. The molecule has 3 heterocycles. The van der Waals surface area contributed by atoms with Crippen LogP contribution >= 0.6 is 11.3 Å². The number of piperazine rings is 1. The predicted octanol–water partition coefficient (Wildman–Crippen LogP) is 1.31. The van der Waals surface area contributed by atoms with Crippen molar-refractivity contribution in [3.63, 3.8) is 0 Å². The molecule has 1 amide bonds. The van der Waals surface area contributed by atoms with Crippen LogP contribution in [0.4, 0.5) is 5.69 Å². The molecular formula is C20H20N4O4S. The maximum absolute atomic E-state index is 12.9. The Morgan fingerprint density at radius 1 is 1.07 bits per heavy atom. The number of rotatable bonds is 4. The predicted molar refractivity (Wildman–Crippen MR) is 111 cm³/mol. The summed E-state index contributed by atoms with van der Waals surface area (Å²) in [5.74, 6) is -0.170. The van der Waals surface area contributed by atoms with Crippen LogP contribution in [-0.4, -0.2) is 51.6 Å². The summed E-state index contributed by atoms with van der Waals surface area (Å²) in [4.78, 5) is 44.9. The SMILES string of the molecule is O=C(c1c[nH]c(=O)n(Cc2cccs2)c1=O)N1CCN(c2ccc(O)cc2)CC1. The highest BCUT2D eigenvalue weighted by molar-refractivity contribution is 7.09. The zero-order valence-corrected chi connectivity index (χ0v) is 16.4. The summed E-state index contributed by atoms with van der Waals surface area (Å²) in [5, 5.41) is 11.3. The Balaban J connectivity index is 1.49. The first-order valence-corrected chi connectivity index (χ1v) is 10.1. The van der Waals surface area contributed by atoms with E-state index in [1.807, 2.05) is 29.6 Å². The van der Waals surface area contributed by atoms with E-state index in [-0.39, 0.29) is 23.8 Å². The molecule has 8 nitrogen and oxygen atoms in total. The number of carbonyl (C=O) groups is 1. The number of hydrogen-bond acceptors (Lipinski definition) is 6.